The Hall–Kier alpha value is -1.17. The molecule has 1 aliphatic carbocycles. The lowest BCUT2D eigenvalue weighted by molar-refractivity contribution is -0.136. The fourth-order valence-corrected chi connectivity index (χ4v) is 2.59. The molecular formula is C15H17IO3. The first kappa shape index (κ1) is 15.9. The zero-order valence-corrected chi connectivity index (χ0v) is 12.8. The van der Waals surface area contributed by atoms with Gasteiger partial charge in [-0.25, -0.2) is 0 Å². The molecule has 19 heavy (non-hydrogen) atoms. The summed E-state index contributed by atoms with van der Waals surface area (Å²) in [6.45, 7) is 7.33. The van der Waals surface area contributed by atoms with Gasteiger partial charge >= 0.3 is 5.97 Å². The normalized spacial score (nSPS) is 21.4. The van der Waals surface area contributed by atoms with Crippen molar-refractivity contribution in [1.82, 2.24) is 0 Å². The maximum absolute atomic E-state index is 12.0. The topological polar surface area (TPSA) is 43.4 Å². The standard InChI is InChI=1S/C15H17IO3/c1-3-5-6-7-11(4-2)14(15(18)19-16)12-8-9-13(17)10-12/h3-7,12,14H,1-2,8-10H2/b6-5-,11-7+. The first-order valence-corrected chi connectivity index (χ1v) is 6.98. The third kappa shape index (κ3) is 4.45. The number of halogens is 1. The first-order valence-electron chi connectivity index (χ1n) is 6.09. The molecule has 2 atom stereocenters. The SMILES string of the molecule is C=C/C=C\C=C(/C=C)C(C(=O)OI)C1CCC(=O)C1. The first-order chi connectivity index (χ1) is 9.13. The molecule has 0 aromatic carbocycles. The van der Waals surface area contributed by atoms with Crippen LogP contribution in [0.2, 0.25) is 0 Å². The lowest BCUT2D eigenvalue weighted by atomic mass is 9.84. The van der Waals surface area contributed by atoms with Gasteiger partial charge in [0.2, 0.25) is 0 Å². The molecule has 0 aliphatic heterocycles. The van der Waals surface area contributed by atoms with E-state index < -0.39 is 5.92 Å². The van der Waals surface area contributed by atoms with Crippen LogP contribution >= 0.6 is 23.0 Å². The molecule has 0 heterocycles. The molecule has 2 unspecified atom stereocenters. The molecule has 1 aliphatic rings. The van der Waals surface area contributed by atoms with Crippen LogP contribution in [0, 0.1) is 11.8 Å². The summed E-state index contributed by atoms with van der Waals surface area (Å²) in [6, 6.07) is 0. The Kier molecular flexibility index (Phi) is 6.77. The van der Waals surface area contributed by atoms with Crippen LogP contribution in [0.1, 0.15) is 19.3 Å². The molecule has 1 fully saturated rings. The van der Waals surface area contributed by atoms with Crippen molar-refractivity contribution < 1.29 is 12.7 Å². The molecule has 3 nitrogen and oxygen atoms in total. The summed E-state index contributed by atoms with van der Waals surface area (Å²) in [5.74, 6) is -0.522. The molecule has 0 amide bonds. The van der Waals surface area contributed by atoms with Crippen LogP contribution in [0.15, 0.2) is 49.1 Å². The number of rotatable bonds is 6. The van der Waals surface area contributed by atoms with Crippen LogP contribution in [0.5, 0.6) is 0 Å². The number of Topliss-reactive ketones (excluding diaryl/α,β-unsaturated/α-hetero) is 1. The van der Waals surface area contributed by atoms with E-state index in [4.69, 9.17) is 3.07 Å². The van der Waals surface area contributed by atoms with Gasteiger partial charge in [0.1, 0.15) is 5.78 Å². The minimum Gasteiger partial charge on any atom is -0.394 e. The second-order valence-corrected chi connectivity index (χ2v) is 4.85. The fraction of sp³-hybridized carbons (Fsp3) is 0.333. The summed E-state index contributed by atoms with van der Waals surface area (Å²) in [7, 11) is 0. The number of allylic oxidation sites excluding steroid dienone is 5. The van der Waals surface area contributed by atoms with Crippen molar-refractivity contribution >= 4 is 34.8 Å². The van der Waals surface area contributed by atoms with Crippen molar-refractivity contribution in [3.8, 4) is 0 Å². The van der Waals surface area contributed by atoms with E-state index in [9.17, 15) is 9.59 Å². The van der Waals surface area contributed by atoms with E-state index in [2.05, 4.69) is 13.2 Å². The Morgan fingerprint density at radius 2 is 2.16 bits per heavy atom. The van der Waals surface area contributed by atoms with Crippen LogP contribution in [0.3, 0.4) is 0 Å². The zero-order chi connectivity index (χ0) is 14.3. The summed E-state index contributed by atoms with van der Waals surface area (Å²) in [5, 5.41) is 0. The fourth-order valence-electron chi connectivity index (χ4n) is 2.32. The van der Waals surface area contributed by atoms with Crippen LogP contribution in [-0.2, 0) is 12.7 Å². The molecule has 0 aromatic heterocycles. The van der Waals surface area contributed by atoms with Gasteiger partial charge in [-0.2, -0.15) is 0 Å². The van der Waals surface area contributed by atoms with Crippen molar-refractivity contribution in [2.75, 3.05) is 0 Å². The van der Waals surface area contributed by atoms with E-state index in [0.717, 1.165) is 12.0 Å². The summed E-state index contributed by atoms with van der Waals surface area (Å²) < 4.78 is 4.84. The lowest BCUT2D eigenvalue weighted by Gasteiger charge is -2.20. The quantitative estimate of drug-likeness (QED) is 0.527. The number of ketones is 1. The van der Waals surface area contributed by atoms with E-state index in [1.54, 1.807) is 47.3 Å². The van der Waals surface area contributed by atoms with Gasteiger partial charge < -0.3 is 3.07 Å². The van der Waals surface area contributed by atoms with Crippen molar-refractivity contribution in [3.63, 3.8) is 0 Å². The summed E-state index contributed by atoms with van der Waals surface area (Å²) in [5.41, 5.74) is 0.777. The second-order valence-electron chi connectivity index (χ2n) is 4.41. The minimum absolute atomic E-state index is 0.0103. The molecular weight excluding hydrogens is 355 g/mol. The summed E-state index contributed by atoms with van der Waals surface area (Å²) in [6.07, 6.45) is 10.4. The van der Waals surface area contributed by atoms with E-state index in [1.807, 2.05) is 6.08 Å². The van der Waals surface area contributed by atoms with Crippen LogP contribution in [0.4, 0.5) is 0 Å². The zero-order valence-electron chi connectivity index (χ0n) is 10.7. The maximum atomic E-state index is 12.0. The smallest absolute Gasteiger partial charge is 0.323 e. The minimum atomic E-state index is -0.421. The third-order valence-electron chi connectivity index (χ3n) is 3.22. The predicted octanol–water partition coefficient (Wildman–Crippen LogP) is 3.72. The van der Waals surface area contributed by atoms with Gasteiger partial charge in [-0.15, -0.1) is 0 Å². The van der Waals surface area contributed by atoms with E-state index in [-0.39, 0.29) is 17.7 Å². The molecule has 0 radical (unpaired) electrons. The second kappa shape index (κ2) is 8.09. The molecule has 0 saturated heterocycles. The van der Waals surface area contributed by atoms with Crippen molar-refractivity contribution in [2.45, 2.75) is 19.3 Å². The van der Waals surface area contributed by atoms with Gasteiger partial charge in [0.25, 0.3) is 0 Å². The molecule has 102 valence electrons. The van der Waals surface area contributed by atoms with E-state index in [1.165, 1.54) is 0 Å². The van der Waals surface area contributed by atoms with E-state index in [0.29, 0.717) is 12.8 Å². The molecule has 0 spiro atoms. The van der Waals surface area contributed by atoms with E-state index >= 15 is 0 Å². The largest absolute Gasteiger partial charge is 0.394 e. The Morgan fingerprint density at radius 3 is 2.63 bits per heavy atom. The third-order valence-corrected chi connectivity index (χ3v) is 3.65. The monoisotopic (exact) mass is 372 g/mol. The van der Waals surface area contributed by atoms with Crippen LogP contribution < -0.4 is 0 Å². The highest BCUT2D eigenvalue weighted by atomic mass is 127. The average Bonchev–Trinajstić information content (AvgIpc) is 2.83. The number of carbonyl (C=O) groups is 2. The molecule has 0 N–H and O–H groups in total. The lowest BCUT2D eigenvalue weighted by Crippen LogP contribution is -2.24. The number of hydrogen-bond donors (Lipinski definition) is 0. The average molecular weight is 372 g/mol. The summed E-state index contributed by atoms with van der Waals surface area (Å²) >= 11 is 1.58. The van der Waals surface area contributed by atoms with Gasteiger partial charge in [-0.3, -0.25) is 9.59 Å². The molecule has 1 saturated carbocycles. The Labute approximate surface area is 127 Å². The highest BCUT2D eigenvalue weighted by Gasteiger charge is 2.36. The molecule has 1 rings (SSSR count). The summed E-state index contributed by atoms with van der Waals surface area (Å²) in [4.78, 5) is 23.4. The van der Waals surface area contributed by atoms with Crippen LogP contribution in [-0.4, -0.2) is 11.8 Å². The Morgan fingerprint density at radius 1 is 1.42 bits per heavy atom. The van der Waals surface area contributed by atoms with Crippen LogP contribution in [0.25, 0.3) is 0 Å². The Bertz CT molecular complexity index is 435. The maximum Gasteiger partial charge on any atom is 0.323 e. The molecule has 0 aromatic rings. The van der Waals surface area contributed by atoms with Gasteiger partial charge in [-0.05, 0) is 17.9 Å². The highest BCUT2D eigenvalue weighted by molar-refractivity contribution is 14.1. The number of hydrogen-bond acceptors (Lipinski definition) is 3. The van der Waals surface area contributed by atoms with Crippen molar-refractivity contribution in [2.24, 2.45) is 11.8 Å². The van der Waals surface area contributed by atoms with Gasteiger partial charge in [-0.1, -0.05) is 43.5 Å². The van der Waals surface area contributed by atoms with Gasteiger partial charge in [0.05, 0.1) is 5.92 Å². The molecule has 0 bridgehead atoms. The number of carbonyl (C=O) groups excluding carboxylic acids is 2. The van der Waals surface area contributed by atoms with Crippen molar-refractivity contribution in [1.29, 1.82) is 0 Å². The predicted molar refractivity (Wildman–Crippen MR) is 83.6 cm³/mol. The van der Waals surface area contributed by atoms with Gasteiger partial charge in [0, 0.05) is 12.8 Å². The molecule has 4 heteroatoms. The van der Waals surface area contributed by atoms with Gasteiger partial charge in [0.15, 0.2) is 23.0 Å². The highest BCUT2D eigenvalue weighted by Crippen LogP contribution is 2.35. The van der Waals surface area contributed by atoms with Crippen molar-refractivity contribution in [3.05, 3.63) is 49.1 Å². The Balaban J connectivity index is 3.00.